The van der Waals surface area contributed by atoms with E-state index in [-0.39, 0.29) is 0 Å². The molecule has 5 nitrogen and oxygen atoms in total. The van der Waals surface area contributed by atoms with E-state index < -0.39 is 0 Å². The molecule has 0 aromatic heterocycles. The number of rotatable bonds is 5. The molecule has 0 aliphatic carbocycles. The summed E-state index contributed by atoms with van der Waals surface area (Å²) in [5, 5.41) is 6.88. The minimum atomic E-state index is 0.376. The van der Waals surface area contributed by atoms with Crippen molar-refractivity contribution >= 4 is 5.96 Å². The zero-order valence-corrected chi connectivity index (χ0v) is 14.2. The van der Waals surface area contributed by atoms with E-state index in [0.717, 1.165) is 24.8 Å². The molecule has 2 heterocycles. The van der Waals surface area contributed by atoms with Crippen LogP contribution in [-0.4, -0.2) is 50.2 Å². The second-order valence-corrected chi connectivity index (χ2v) is 6.50. The first kappa shape index (κ1) is 16.1. The van der Waals surface area contributed by atoms with Crippen molar-refractivity contribution in [3.63, 3.8) is 0 Å². The second kappa shape index (κ2) is 7.68. The lowest BCUT2D eigenvalue weighted by Gasteiger charge is -2.35. The van der Waals surface area contributed by atoms with Gasteiger partial charge in [-0.05, 0) is 50.6 Å². The lowest BCUT2D eigenvalue weighted by atomic mass is 10.0. The highest BCUT2D eigenvalue weighted by molar-refractivity contribution is 5.81. The van der Waals surface area contributed by atoms with E-state index in [1.165, 1.54) is 37.9 Å². The number of piperidine rings is 1. The molecule has 2 aliphatic heterocycles. The third kappa shape index (κ3) is 4.16. The van der Waals surface area contributed by atoms with Gasteiger partial charge in [-0.3, -0.25) is 9.89 Å². The number of likely N-dealkylation sites (tertiary alicyclic amines) is 1. The van der Waals surface area contributed by atoms with Gasteiger partial charge in [0.2, 0.25) is 0 Å². The van der Waals surface area contributed by atoms with Gasteiger partial charge in [-0.2, -0.15) is 0 Å². The summed E-state index contributed by atoms with van der Waals surface area (Å²) in [4.78, 5) is 7.11. The number of hydrogen-bond donors (Lipinski definition) is 2. The Bertz CT molecular complexity index is 522. The third-order valence-corrected chi connectivity index (χ3v) is 4.70. The molecule has 2 atom stereocenters. The Labute approximate surface area is 139 Å². The molecule has 23 heavy (non-hydrogen) atoms. The van der Waals surface area contributed by atoms with Crippen molar-refractivity contribution in [1.29, 1.82) is 0 Å². The predicted molar refractivity (Wildman–Crippen MR) is 94.1 cm³/mol. The molecule has 126 valence electrons. The Hall–Kier alpha value is -1.75. The fraction of sp³-hybridized carbons (Fsp3) is 0.611. The third-order valence-electron chi connectivity index (χ3n) is 4.70. The first-order valence-electron chi connectivity index (χ1n) is 8.69. The topological polar surface area (TPSA) is 48.9 Å². The molecule has 0 spiro atoms. The van der Waals surface area contributed by atoms with E-state index in [2.05, 4.69) is 51.7 Å². The van der Waals surface area contributed by atoms with Crippen LogP contribution >= 0.6 is 0 Å². The van der Waals surface area contributed by atoms with Crippen LogP contribution in [0, 0.1) is 0 Å². The molecule has 2 N–H and O–H groups in total. The zero-order chi connectivity index (χ0) is 16.1. The molecule has 0 radical (unpaired) electrons. The maximum absolute atomic E-state index is 5.29. The smallest absolute Gasteiger partial charge is 0.191 e. The van der Waals surface area contributed by atoms with Gasteiger partial charge in [0.15, 0.2) is 5.96 Å². The zero-order valence-electron chi connectivity index (χ0n) is 14.2. The summed E-state index contributed by atoms with van der Waals surface area (Å²) in [7, 11) is 1.71. The van der Waals surface area contributed by atoms with E-state index >= 15 is 0 Å². The number of hydrogen-bond acceptors (Lipinski definition) is 5. The van der Waals surface area contributed by atoms with Crippen molar-refractivity contribution in [2.24, 2.45) is 4.99 Å². The molecular weight excluding hydrogens is 288 g/mol. The summed E-state index contributed by atoms with van der Waals surface area (Å²) in [5.41, 5.74) is 1.34. The van der Waals surface area contributed by atoms with Crippen molar-refractivity contribution in [2.75, 3.05) is 33.3 Å². The number of benzene rings is 1. The maximum Gasteiger partial charge on any atom is 0.191 e. The lowest BCUT2D eigenvalue weighted by molar-refractivity contribution is 0.164. The molecule has 1 aromatic carbocycles. The highest BCUT2D eigenvalue weighted by Gasteiger charge is 2.23. The van der Waals surface area contributed by atoms with Crippen molar-refractivity contribution in [3.05, 3.63) is 29.8 Å². The van der Waals surface area contributed by atoms with E-state index in [4.69, 9.17) is 4.74 Å². The van der Waals surface area contributed by atoms with Crippen LogP contribution in [0.3, 0.4) is 0 Å². The average molecular weight is 316 g/mol. The van der Waals surface area contributed by atoms with Crippen LogP contribution in [0.15, 0.2) is 29.3 Å². The first-order chi connectivity index (χ1) is 11.3. The Morgan fingerprint density at radius 2 is 2.00 bits per heavy atom. The molecular formula is C18H28N4O. The van der Waals surface area contributed by atoms with Crippen LogP contribution in [0.25, 0.3) is 0 Å². The van der Waals surface area contributed by atoms with Gasteiger partial charge in [-0.25, -0.2) is 0 Å². The van der Waals surface area contributed by atoms with Gasteiger partial charge in [0.25, 0.3) is 0 Å². The number of methoxy groups -OCH3 is 1. The predicted octanol–water partition coefficient (Wildman–Crippen LogP) is 2.16. The molecule has 1 saturated heterocycles. The summed E-state index contributed by atoms with van der Waals surface area (Å²) in [5.74, 6) is 1.85. The summed E-state index contributed by atoms with van der Waals surface area (Å²) >= 11 is 0. The summed E-state index contributed by atoms with van der Waals surface area (Å²) in [6.07, 6.45) is 3.94. The molecule has 1 fully saturated rings. The van der Waals surface area contributed by atoms with Gasteiger partial charge < -0.3 is 15.4 Å². The fourth-order valence-electron chi connectivity index (χ4n) is 3.37. The second-order valence-electron chi connectivity index (χ2n) is 6.50. The van der Waals surface area contributed by atoms with Crippen LogP contribution in [0.1, 0.15) is 37.8 Å². The molecule has 0 amide bonds. The number of nitrogens with zero attached hydrogens (tertiary/aromatic N) is 2. The van der Waals surface area contributed by atoms with Crippen molar-refractivity contribution in [1.82, 2.24) is 15.5 Å². The number of guanidine groups is 1. The van der Waals surface area contributed by atoms with Crippen LogP contribution in [-0.2, 0) is 0 Å². The Balaban J connectivity index is 1.69. The normalized spacial score (nSPS) is 23.0. The highest BCUT2D eigenvalue weighted by atomic mass is 16.5. The molecule has 0 saturated carbocycles. The van der Waals surface area contributed by atoms with Crippen LogP contribution in [0.5, 0.6) is 5.75 Å². The van der Waals surface area contributed by atoms with Gasteiger partial charge in [0.05, 0.1) is 19.7 Å². The van der Waals surface area contributed by atoms with Crippen LogP contribution < -0.4 is 15.4 Å². The van der Waals surface area contributed by atoms with Gasteiger partial charge in [-0.1, -0.05) is 18.6 Å². The Morgan fingerprint density at radius 3 is 2.61 bits per heavy atom. The molecule has 3 rings (SSSR count). The van der Waals surface area contributed by atoms with Crippen LogP contribution in [0.2, 0.25) is 0 Å². The standard InChI is InChI=1S/C18H28N4O/c1-14-12-19-18(21-14)20-13-17(22-10-4-3-5-11-22)15-6-8-16(23-2)9-7-15/h6-9,14,17H,3-5,10-13H2,1-2H3,(H2,19,20,21). The average Bonchev–Trinajstić information content (AvgIpc) is 3.02. The minimum Gasteiger partial charge on any atom is -0.497 e. The maximum atomic E-state index is 5.29. The quantitative estimate of drug-likeness (QED) is 0.874. The van der Waals surface area contributed by atoms with Crippen molar-refractivity contribution < 1.29 is 4.74 Å². The molecule has 2 unspecified atom stereocenters. The van der Waals surface area contributed by atoms with Gasteiger partial charge in [0.1, 0.15) is 5.75 Å². The van der Waals surface area contributed by atoms with Crippen molar-refractivity contribution in [3.8, 4) is 5.75 Å². The minimum absolute atomic E-state index is 0.376. The highest BCUT2D eigenvalue weighted by Crippen LogP contribution is 2.25. The monoisotopic (exact) mass is 316 g/mol. The summed E-state index contributed by atoms with van der Waals surface area (Å²) in [6, 6.07) is 9.30. The van der Waals surface area contributed by atoms with Gasteiger partial charge in [0, 0.05) is 12.6 Å². The van der Waals surface area contributed by atoms with E-state index in [0.29, 0.717) is 12.1 Å². The molecule has 0 bridgehead atoms. The molecule has 1 aromatic rings. The number of aliphatic imine (C=N–C) groups is 1. The number of ether oxygens (including phenoxy) is 1. The van der Waals surface area contributed by atoms with E-state index in [9.17, 15) is 0 Å². The summed E-state index contributed by atoms with van der Waals surface area (Å²) < 4.78 is 5.29. The van der Waals surface area contributed by atoms with Crippen molar-refractivity contribution in [2.45, 2.75) is 38.3 Å². The van der Waals surface area contributed by atoms with Crippen LogP contribution in [0.4, 0.5) is 0 Å². The van der Waals surface area contributed by atoms with E-state index in [1.54, 1.807) is 7.11 Å². The van der Waals surface area contributed by atoms with Gasteiger partial charge >= 0.3 is 0 Å². The Kier molecular flexibility index (Phi) is 5.39. The SMILES string of the molecule is COc1ccc(C(CNC2=NCC(C)N2)N2CCCCC2)cc1. The fourth-order valence-corrected chi connectivity index (χ4v) is 3.37. The lowest BCUT2D eigenvalue weighted by Crippen LogP contribution is -2.44. The van der Waals surface area contributed by atoms with E-state index in [1.807, 2.05) is 0 Å². The first-order valence-corrected chi connectivity index (χ1v) is 8.69. The molecule has 2 aliphatic rings. The molecule has 5 heteroatoms. The Morgan fingerprint density at radius 1 is 1.26 bits per heavy atom. The number of nitrogens with one attached hydrogen (secondary N) is 2. The van der Waals surface area contributed by atoms with Gasteiger partial charge in [-0.15, -0.1) is 0 Å². The largest absolute Gasteiger partial charge is 0.497 e. The summed E-state index contributed by atoms with van der Waals surface area (Å²) in [6.45, 7) is 6.25.